The summed E-state index contributed by atoms with van der Waals surface area (Å²) in [5.41, 5.74) is 0.689. The van der Waals surface area contributed by atoms with Crippen LogP contribution < -0.4 is 16.2 Å². The van der Waals surface area contributed by atoms with Gasteiger partial charge in [-0.2, -0.15) is 0 Å². The van der Waals surface area contributed by atoms with Crippen LogP contribution in [0, 0.1) is 5.82 Å². The number of nitrogens with one attached hydrogen (secondary N) is 3. The third-order valence-corrected chi connectivity index (χ3v) is 4.24. The summed E-state index contributed by atoms with van der Waals surface area (Å²) in [6.07, 6.45) is 0.376. The molecule has 7 nitrogen and oxygen atoms in total. The molecule has 0 unspecified atom stereocenters. The molecule has 0 fully saturated rings. The van der Waals surface area contributed by atoms with E-state index < -0.39 is 17.2 Å². The number of H-pyrrole nitrogens is 1. The van der Waals surface area contributed by atoms with Gasteiger partial charge in [-0.3, -0.25) is 9.59 Å². The largest absolute Gasteiger partial charge is 0.501 e. The van der Waals surface area contributed by atoms with Gasteiger partial charge in [-0.25, -0.2) is 9.37 Å². The first-order valence-corrected chi connectivity index (χ1v) is 9.12. The predicted octanol–water partition coefficient (Wildman–Crippen LogP) is 1.88. The molecule has 29 heavy (non-hydrogen) atoms. The molecule has 3 aromatic rings. The molecular formula is C21H21FN4O3. The molecule has 150 valence electrons. The van der Waals surface area contributed by atoms with Gasteiger partial charge in [-0.15, -0.1) is 0 Å². The maximum Gasteiger partial charge on any atom is 0.293 e. The van der Waals surface area contributed by atoms with Crippen LogP contribution in [0.5, 0.6) is 5.75 Å². The number of nitrogens with zero attached hydrogens (tertiary/aromatic N) is 1. The average Bonchev–Trinajstić information content (AvgIpc) is 2.73. The van der Waals surface area contributed by atoms with E-state index in [-0.39, 0.29) is 18.1 Å². The third kappa shape index (κ3) is 5.73. The Hall–Kier alpha value is -3.52. The molecule has 1 heterocycles. The van der Waals surface area contributed by atoms with Crippen LogP contribution in [0.1, 0.15) is 27.4 Å². The van der Waals surface area contributed by atoms with Gasteiger partial charge in [0.15, 0.2) is 5.69 Å². The minimum Gasteiger partial charge on any atom is -0.501 e. The number of hydrogen-bond donors (Lipinski definition) is 4. The average molecular weight is 396 g/mol. The minimum absolute atomic E-state index is 0.112. The summed E-state index contributed by atoms with van der Waals surface area (Å²) >= 11 is 0. The summed E-state index contributed by atoms with van der Waals surface area (Å²) in [5.74, 6) is -1.50. The van der Waals surface area contributed by atoms with Crippen LogP contribution in [0.4, 0.5) is 4.39 Å². The van der Waals surface area contributed by atoms with E-state index in [0.29, 0.717) is 30.9 Å². The van der Waals surface area contributed by atoms with Gasteiger partial charge in [0.2, 0.25) is 5.75 Å². The van der Waals surface area contributed by atoms with Gasteiger partial charge in [-0.05, 0) is 23.3 Å². The number of aromatic amines is 1. The lowest BCUT2D eigenvalue weighted by Gasteiger charge is -2.09. The van der Waals surface area contributed by atoms with E-state index in [0.717, 1.165) is 5.56 Å². The molecular weight excluding hydrogens is 375 g/mol. The summed E-state index contributed by atoms with van der Waals surface area (Å²) < 4.78 is 12.9. The van der Waals surface area contributed by atoms with Crippen molar-refractivity contribution >= 4 is 5.91 Å². The van der Waals surface area contributed by atoms with Crippen LogP contribution in [-0.4, -0.2) is 27.5 Å². The van der Waals surface area contributed by atoms with Gasteiger partial charge < -0.3 is 20.7 Å². The van der Waals surface area contributed by atoms with E-state index in [9.17, 15) is 19.1 Å². The van der Waals surface area contributed by atoms with Crippen molar-refractivity contribution in [1.29, 1.82) is 0 Å². The zero-order valence-electron chi connectivity index (χ0n) is 15.6. The van der Waals surface area contributed by atoms with E-state index in [4.69, 9.17) is 0 Å². The van der Waals surface area contributed by atoms with Gasteiger partial charge in [0.05, 0.1) is 0 Å². The molecule has 0 radical (unpaired) electrons. The predicted molar refractivity (Wildman–Crippen MR) is 106 cm³/mol. The second kappa shape index (κ2) is 9.61. The minimum atomic E-state index is -0.773. The molecule has 0 aliphatic heterocycles. The third-order valence-electron chi connectivity index (χ3n) is 4.24. The Bertz CT molecular complexity index is 1020. The van der Waals surface area contributed by atoms with Crippen LogP contribution >= 0.6 is 0 Å². The quantitative estimate of drug-likeness (QED) is 0.435. The van der Waals surface area contributed by atoms with Crippen molar-refractivity contribution in [3.05, 3.63) is 93.4 Å². The first kappa shape index (κ1) is 20.2. The Labute approximate surface area is 166 Å². The van der Waals surface area contributed by atoms with Gasteiger partial charge in [0.25, 0.3) is 11.5 Å². The SMILES string of the molecule is O=C(NCc1ccc(F)cc1)c1nc(CCNCc2ccccc2)[nH]c(=O)c1O. The van der Waals surface area contributed by atoms with Crippen molar-refractivity contribution in [3.8, 4) is 5.75 Å². The number of carbonyl (C=O) groups is 1. The number of rotatable bonds is 8. The molecule has 8 heteroatoms. The zero-order valence-corrected chi connectivity index (χ0v) is 15.6. The number of halogens is 1. The molecule has 0 spiro atoms. The van der Waals surface area contributed by atoms with E-state index in [1.165, 1.54) is 24.3 Å². The number of aromatic hydroxyl groups is 1. The van der Waals surface area contributed by atoms with Crippen molar-refractivity contribution in [2.24, 2.45) is 0 Å². The molecule has 0 aliphatic rings. The fourth-order valence-electron chi connectivity index (χ4n) is 2.69. The molecule has 0 saturated heterocycles. The Morgan fingerprint density at radius 1 is 1.03 bits per heavy atom. The maximum atomic E-state index is 12.9. The lowest BCUT2D eigenvalue weighted by atomic mass is 10.2. The highest BCUT2D eigenvalue weighted by Gasteiger charge is 2.17. The lowest BCUT2D eigenvalue weighted by Crippen LogP contribution is -2.28. The van der Waals surface area contributed by atoms with E-state index >= 15 is 0 Å². The Kier molecular flexibility index (Phi) is 6.70. The normalized spacial score (nSPS) is 10.7. The monoisotopic (exact) mass is 396 g/mol. The highest BCUT2D eigenvalue weighted by Crippen LogP contribution is 2.09. The number of hydrogen-bond acceptors (Lipinski definition) is 5. The van der Waals surface area contributed by atoms with Crippen molar-refractivity contribution in [1.82, 2.24) is 20.6 Å². The number of amides is 1. The summed E-state index contributed by atoms with van der Waals surface area (Å²) in [4.78, 5) is 30.9. The van der Waals surface area contributed by atoms with E-state index in [1.54, 1.807) is 0 Å². The molecule has 1 amide bonds. The van der Waals surface area contributed by atoms with Crippen molar-refractivity contribution in [2.45, 2.75) is 19.5 Å². The highest BCUT2D eigenvalue weighted by molar-refractivity contribution is 5.94. The molecule has 0 saturated carbocycles. The smallest absolute Gasteiger partial charge is 0.293 e. The molecule has 0 atom stereocenters. The summed E-state index contributed by atoms with van der Waals surface area (Å²) in [5, 5.41) is 15.7. The first-order valence-electron chi connectivity index (χ1n) is 9.12. The number of benzene rings is 2. The van der Waals surface area contributed by atoms with Crippen LogP contribution in [0.3, 0.4) is 0 Å². The van der Waals surface area contributed by atoms with Crippen LogP contribution in [0.2, 0.25) is 0 Å². The Morgan fingerprint density at radius 3 is 2.45 bits per heavy atom. The molecule has 0 bridgehead atoms. The van der Waals surface area contributed by atoms with Crippen molar-refractivity contribution in [3.63, 3.8) is 0 Å². The summed E-state index contributed by atoms with van der Waals surface area (Å²) in [7, 11) is 0. The van der Waals surface area contributed by atoms with Crippen LogP contribution in [0.25, 0.3) is 0 Å². The highest BCUT2D eigenvalue weighted by atomic mass is 19.1. The molecule has 3 rings (SSSR count). The molecule has 2 aromatic carbocycles. The van der Waals surface area contributed by atoms with Crippen molar-refractivity contribution < 1.29 is 14.3 Å². The second-order valence-corrected chi connectivity index (χ2v) is 6.43. The van der Waals surface area contributed by atoms with Crippen LogP contribution in [0.15, 0.2) is 59.4 Å². The summed E-state index contributed by atoms with van der Waals surface area (Å²) in [6, 6.07) is 15.5. The fraction of sp³-hybridized carbons (Fsp3) is 0.190. The zero-order chi connectivity index (χ0) is 20.6. The van der Waals surface area contributed by atoms with E-state index in [2.05, 4.69) is 20.6 Å². The first-order chi connectivity index (χ1) is 14.0. The molecule has 4 N–H and O–H groups in total. The second-order valence-electron chi connectivity index (χ2n) is 6.43. The fourth-order valence-corrected chi connectivity index (χ4v) is 2.69. The standard InChI is InChI=1S/C21H21FN4O3/c22-16-8-6-15(7-9-16)13-24-20(28)18-19(27)21(29)26-17(25-18)10-11-23-12-14-4-2-1-3-5-14/h1-9,23,27H,10-13H2,(H,24,28)(H,25,26,29). The van der Waals surface area contributed by atoms with Crippen molar-refractivity contribution in [2.75, 3.05) is 6.54 Å². The van der Waals surface area contributed by atoms with E-state index in [1.807, 2.05) is 30.3 Å². The van der Waals surface area contributed by atoms with Crippen LogP contribution in [-0.2, 0) is 19.5 Å². The Morgan fingerprint density at radius 2 is 1.72 bits per heavy atom. The number of carbonyl (C=O) groups excluding carboxylic acids is 1. The molecule has 0 aliphatic carbocycles. The topological polar surface area (TPSA) is 107 Å². The number of aromatic nitrogens is 2. The van der Waals surface area contributed by atoms with Gasteiger partial charge in [0.1, 0.15) is 11.6 Å². The summed E-state index contributed by atoms with van der Waals surface area (Å²) in [6.45, 7) is 1.30. The van der Waals surface area contributed by atoms with Gasteiger partial charge in [0, 0.05) is 26.1 Å². The Balaban J connectivity index is 1.59. The van der Waals surface area contributed by atoms with Gasteiger partial charge in [-0.1, -0.05) is 42.5 Å². The lowest BCUT2D eigenvalue weighted by molar-refractivity contribution is 0.0942. The maximum absolute atomic E-state index is 12.9. The molecule has 1 aromatic heterocycles. The van der Waals surface area contributed by atoms with Gasteiger partial charge >= 0.3 is 0 Å².